The van der Waals surface area contributed by atoms with E-state index in [0.717, 1.165) is 9.13 Å². The van der Waals surface area contributed by atoms with Crippen molar-refractivity contribution in [2.75, 3.05) is 4.72 Å². The van der Waals surface area contributed by atoms with Gasteiger partial charge in [-0.2, -0.15) is 0 Å². The Morgan fingerprint density at radius 2 is 1.65 bits per heavy atom. The molecule has 0 saturated heterocycles. The predicted octanol–water partition coefficient (Wildman–Crippen LogP) is 1.50. The fraction of sp³-hybridized carbons (Fsp3) is 0.231. The molecule has 124 valence electrons. The fourth-order valence-corrected chi connectivity index (χ4v) is 3.72. The van der Waals surface area contributed by atoms with Crippen molar-refractivity contribution in [2.45, 2.75) is 11.8 Å². The highest BCUT2D eigenvalue weighted by Gasteiger charge is 2.25. The van der Waals surface area contributed by atoms with Gasteiger partial charge in [-0.15, -0.1) is 0 Å². The summed E-state index contributed by atoms with van der Waals surface area (Å²) in [7, 11) is -1.62. The molecule has 23 heavy (non-hydrogen) atoms. The lowest BCUT2D eigenvalue weighted by molar-refractivity contribution is 0.583. The maximum atomic E-state index is 12.5. The highest BCUT2D eigenvalue weighted by Crippen LogP contribution is 2.26. The number of nitrogens with zero attached hydrogens (tertiary/aromatic N) is 2. The highest BCUT2D eigenvalue weighted by atomic mass is 35.5. The van der Waals surface area contributed by atoms with E-state index in [2.05, 4.69) is 4.72 Å². The van der Waals surface area contributed by atoms with Gasteiger partial charge in [-0.1, -0.05) is 23.2 Å². The van der Waals surface area contributed by atoms with Gasteiger partial charge in [0.1, 0.15) is 0 Å². The third-order valence-electron chi connectivity index (χ3n) is 3.35. The molecule has 0 radical (unpaired) electrons. The van der Waals surface area contributed by atoms with Crippen molar-refractivity contribution in [3.63, 3.8) is 0 Å². The summed E-state index contributed by atoms with van der Waals surface area (Å²) in [6.45, 7) is 1.38. The van der Waals surface area contributed by atoms with Crippen LogP contribution in [0.3, 0.4) is 0 Å². The van der Waals surface area contributed by atoms with Gasteiger partial charge in [-0.3, -0.25) is 18.7 Å². The molecule has 0 aliphatic carbocycles. The van der Waals surface area contributed by atoms with Crippen molar-refractivity contribution in [1.82, 2.24) is 9.13 Å². The van der Waals surface area contributed by atoms with Gasteiger partial charge >= 0.3 is 5.69 Å². The molecule has 2 rings (SSSR count). The van der Waals surface area contributed by atoms with Crippen molar-refractivity contribution in [1.29, 1.82) is 0 Å². The van der Waals surface area contributed by atoms with Gasteiger partial charge in [-0.05, 0) is 25.1 Å². The minimum Gasteiger partial charge on any atom is -0.300 e. The largest absolute Gasteiger partial charge is 0.330 e. The van der Waals surface area contributed by atoms with E-state index in [4.69, 9.17) is 23.2 Å². The number of hydrogen-bond acceptors (Lipinski definition) is 4. The van der Waals surface area contributed by atoms with Crippen LogP contribution in [0.15, 0.2) is 32.7 Å². The quantitative estimate of drug-likeness (QED) is 0.877. The van der Waals surface area contributed by atoms with Crippen LogP contribution in [-0.2, 0) is 24.1 Å². The average molecular weight is 378 g/mol. The van der Waals surface area contributed by atoms with Gasteiger partial charge in [0, 0.05) is 19.8 Å². The fourth-order valence-electron chi connectivity index (χ4n) is 1.99. The van der Waals surface area contributed by atoms with E-state index >= 15 is 0 Å². The van der Waals surface area contributed by atoms with Crippen LogP contribution in [0.25, 0.3) is 0 Å². The zero-order valence-electron chi connectivity index (χ0n) is 12.4. The van der Waals surface area contributed by atoms with Gasteiger partial charge in [0.2, 0.25) is 0 Å². The molecule has 0 aliphatic rings. The van der Waals surface area contributed by atoms with Gasteiger partial charge in [0.05, 0.1) is 15.7 Å². The zero-order valence-corrected chi connectivity index (χ0v) is 14.8. The molecule has 1 aromatic heterocycles. The van der Waals surface area contributed by atoms with Crippen LogP contribution >= 0.6 is 23.2 Å². The summed E-state index contributed by atoms with van der Waals surface area (Å²) in [6, 6.07) is 4.16. The molecule has 10 heteroatoms. The van der Waals surface area contributed by atoms with Crippen LogP contribution in [0, 0.1) is 6.92 Å². The summed E-state index contributed by atoms with van der Waals surface area (Å²) in [4.78, 5) is 23.5. The molecule has 1 N–H and O–H groups in total. The number of nitrogens with one attached hydrogen (secondary N) is 1. The second-order valence-electron chi connectivity index (χ2n) is 4.85. The van der Waals surface area contributed by atoms with Crippen LogP contribution in [0.5, 0.6) is 0 Å². The van der Waals surface area contributed by atoms with Crippen LogP contribution in [0.4, 0.5) is 5.69 Å². The number of hydrogen-bond donors (Lipinski definition) is 1. The second kappa shape index (κ2) is 6.03. The van der Waals surface area contributed by atoms with E-state index in [1.54, 1.807) is 0 Å². The van der Waals surface area contributed by atoms with E-state index in [0.29, 0.717) is 0 Å². The SMILES string of the molecule is Cc1c(S(=O)(=O)Nc2ccc(Cl)c(Cl)c2)c(=O)n(C)c(=O)n1C. The van der Waals surface area contributed by atoms with Crippen molar-refractivity contribution in [2.24, 2.45) is 14.1 Å². The first-order valence-corrected chi connectivity index (χ1v) is 8.54. The highest BCUT2D eigenvalue weighted by molar-refractivity contribution is 7.92. The van der Waals surface area contributed by atoms with Gasteiger partial charge in [-0.25, -0.2) is 13.2 Å². The number of rotatable bonds is 3. The smallest absolute Gasteiger partial charge is 0.300 e. The summed E-state index contributed by atoms with van der Waals surface area (Å²) >= 11 is 11.6. The number of anilines is 1. The van der Waals surface area contributed by atoms with Crippen LogP contribution in [0.2, 0.25) is 10.0 Å². The Balaban J connectivity index is 2.63. The number of sulfonamides is 1. The first-order valence-electron chi connectivity index (χ1n) is 6.30. The molecule has 0 atom stereocenters. The van der Waals surface area contributed by atoms with E-state index in [-0.39, 0.29) is 21.4 Å². The van der Waals surface area contributed by atoms with Crippen molar-refractivity contribution >= 4 is 38.9 Å². The van der Waals surface area contributed by atoms with Crippen molar-refractivity contribution in [3.05, 3.63) is 54.8 Å². The summed E-state index contributed by atoms with van der Waals surface area (Å²) in [5.74, 6) is 0. The van der Waals surface area contributed by atoms with Crippen LogP contribution in [0.1, 0.15) is 5.69 Å². The Hall–Kier alpha value is -1.77. The molecular weight excluding hydrogens is 365 g/mol. The molecule has 0 aliphatic heterocycles. The topological polar surface area (TPSA) is 90.2 Å². The Kier molecular flexibility index (Phi) is 4.61. The van der Waals surface area contributed by atoms with Gasteiger partial charge < -0.3 is 0 Å². The van der Waals surface area contributed by atoms with E-state index in [9.17, 15) is 18.0 Å². The average Bonchev–Trinajstić information content (AvgIpc) is 2.46. The molecule has 2 aromatic rings. The van der Waals surface area contributed by atoms with E-state index in [1.807, 2.05) is 0 Å². The maximum absolute atomic E-state index is 12.5. The first kappa shape index (κ1) is 17.6. The van der Waals surface area contributed by atoms with Crippen molar-refractivity contribution in [3.8, 4) is 0 Å². The van der Waals surface area contributed by atoms with E-state index < -0.39 is 26.2 Å². The third-order valence-corrected chi connectivity index (χ3v) is 5.60. The number of aromatic nitrogens is 2. The second-order valence-corrected chi connectivity index (χ2v) is 7.29. The monoisotopic (exact) mass is 377 g/mol. The van der Waals surface area contributed by atoms with Gasteiger partial charge in [0.25, 0.3) is 15.6 Å². The summed E-state index contributed by atoms with van der Waals surface area (Å²) in [5.41, 5.74) is -1.33. The van der Waals surface area contributed by atoms with Crippen molar-refractivity contribution < 1.29 is 8.42 Å². The standard InChI is InChI=1S/C13H13Cl2N3O4S/c1-7-11(12(19)18(3)13(20)17(7)2)23(21,22)16-8-4-5-9(14)10(15)6-8/h4-6,16H,1-3H3. The molecule has 0 spiro atoms. The lowest BCUT2D eigenvalue weighted by Gasteiger charge is -2.14. The molecule has 0 unspecified atom stereocenters. The molecule has 1 heterocycles. The Morgan fingerprint density at radius 1 is 1.04 bits per heavy atom. The Bertz CT molecular complexity index is 1010. The van der Waals surface area contributed by atoms with Gasteiger partial charge in [0.15, 0.2) is 4.90 Å². The lowest BCUT2D eigenvalue weighted by atomic mass is 10.3. The summed E-state index contributed by atoms with van der Waals surface area (Å²) < 4.78 is 29.2. The number of benzene rings is 1. The van der Waals surface area contributed by atoms with E-state index in [1.165, 1.54) is 39.2 Å². The molecule has 7 nitrogen and oxygen atoms in total. The minimum atomic E-state index is -4.21. The Morgan fingerprint density at radius 3 is 2.22 bits per heavy atom. The summed E-state index contributed by atoms with van der Waals surface area (Å²) in [6.07, 6.45) is 0. The zero-order chi connectivity index (χ0) is 17.5. The van der Waals surface area contributed by atoms with Crippen LogP contribution < -0.4 is 16.0 Å². The summed E-state index contributed by atoms with van der Waals surface area (Å²) in [5, 5.41) is 0.431. The molecule has 0 fully saturated rings. The molecule has 1 aromatic carbocycles. The lowest BCUT2D eigenvalue weighted by Crippen LogP contribution is -2.42. The third kappa shape index (κ3) is 3.15. The molecule has 0 saturated carbocycles. The molecule has 0 amide bonds. The first-order chi connectivity index (χ1) is 10.6. The Labute approximate surface area is 142 Å². The van der Waals surface area contributed by atoms with Crippen LogP contribution in [-0.4, -0.2) is 17.6 Å². The molecule has 0 bridgehead atoms. The number of halogens is 2. The normalized spacial score (nSPS) is 11.5. The predicted molar refractivity (Wildman–Crippen MR) is 88.9 cm³/mol. The molecular formula is C13H13Cl2N3O4S. The minimum absolute atomic E-state index is 0.0330. The maximum Gasteiger partial charge on any atom is 0.330 e.